The first-order valence-electron chi connectivity index (χ1n) is 11.0. The molecule has 1 heterocycles. The van der Waals surface area contributed by atoms with E-state index in [4.69, 9.17) is 5.11 Å². The minimum absolute atomic E-state index is 0.00670. The molecule has 1 aliphatic rings. The van der Waals surface area contributed by atoms with Gasteiger partial charge in [-0.3, -0.25) is 9.59 Å². The van der Waals surface area contributed by atoms with E-state index in [0.29, 0.717) is 26.1 Å². The lowest BCUT2D eigenvalue weighted by Crippen LogP contribution is -2.65. The van der Waals surface area contributed by atoms with Crippen LogP contribution in [0.5, 0.6) is 0 Å². The molecule has 0 saturated carbocycles. The summed E-state index contributed by atoms with van der Waals surface area (Å²) in [5.74, 6) is -0.991. The van der Waals surface area contributed by atoms with Crippen LogP contribution in [0.2, 0.25) is 0 Å². The number of carbonyl (C=O) groups is 2. The number of aliphatic carboxylic acids is 1. The van der Waals surface area contributed by atoms with Crippen molar-refractivity contribution in [2.45, 2.75) is 31.7 Å². The van der Waals surface area contributed by atoms with Gasteiger partial charge in [0.25, 0.3) is 0 Å². The van der Waals surface area contributed by atoms with E-state index in [1.807, 2.05) is 14.1 Å². The Morgan fingerprint density at radius 1 is 0.833 bits per heavy atom. The first-order chi connectivity index (χ1) is 14.3. The van der Waals surface area contributed by atoms with E-state index in [-0.39, 0.29) is 24.2 Å². The first kappa shape index (κ1) is 26.7. The van der Waals surface area contributed by atoms with Gasteiger partial charge in [-0.2, -0.15) is 0 Å². The van der Waals surface area contributed by atoms with Gasteiger partial charge in [0.15, 0.2) is 0 Å². The van der Waals surface area contributed by atoms with Gasteiger partial charge in [-0.1, -0.05) is 6.92 Å². The third-order valence-corrected chi connectivity index (χ3v) is 5.31. The third-order valence-electron chi connectivity index (χ3n) is 5.31. The van der Waals surface area contributed by atoms with Gasteiger partial charge in [0, 0.05) is 83.7 Å². The molecular weight excluding hydrogens is 386 g/mol. The molecule has 1 saturated heterocycles. The van der Waals surface area contributed by atoms with Gasteiger partial charge in [-0.15, -0.1) is 0 Å². The lowest BCUT2D eigenvalue weighted by molar-refractivity contribution is -0.137. The molecule has 0 aromatic rings. The van der Waals surface area contributed by atoms with Crippen LogP contribution in [-0.4, -0.2) is 102 Å². The number of amides is 1. The number of carboxylic acid groups (broad SMARTS) is 1. The van der Waals surface area contributed by atoms with Gasteiger partial charge in [0.1, 0.15) is 0 Å². The maximum atomic E-state index is 12.5. The topological polar surface area (TPSA) is 139 Å². The molecule has 176 valence electrons. The van der Waals surface area contributed by atoms with E-state index in [1.54, 1.807) is 0 Å². The molecule has 8 N–H and O–H groups in total. The molecule has 0 aromatic carbocycles. The molecule has 0 spiro atoms. The van der Waals surface area contributed by atoms with Gasteiger partial charge in [-0.25, -0.2) is 0 Å². The lowest BCUT2D eigenvalue weighted by atomic mass is 9.90. The molecule has 10 nitrogen and oxygen atoms in total. The van der Waals surface area contributed by atoms with Crippen molar-refractivity contribution in [2.75, 3.05) is 79.5 Å². The highest BCUT2D eigenvalue weighted by atomic mass is 16.4. The van der Waals surface area contributed by atoms with Gasteiger partial charge in [-0.05, 0) is 20.5 Å². The quantitative estimate of drug-likeness (QED) is 0.207. The monoisotopic (exact) mass is 429 g/mol. The Balaban J connectivity index is 2.68. The Morgan fingerprint density at radius 2 is 1.33 bits per heavy atom. The van der Waals surface area contributed by atoms with E-state index in [1.165, 1.54) is 0 Å². The van der Waals surface area contributed by atoms with Crippen molar-refractivity contribution in [1.82, 2.24) is 37.2 Å². The summed E-state index contributed by atoms with van der Waals surface area (Å²) in [7, 11) is 3.85. The zero-order valence-corrected chi connectivity index (χ0v) is 19.0. The fourth-order valence-corrected chi connectivity index (χ4v) is 3.82. The molecule has 1 fully saturated rings. The van der Waals surface area contributed by atoms with Crippen LogP contribution in [0.4, 0.5) is 0 Å². The zero-order valence-electron chi connectivity index (χ0n) is 19.0. The fourth-order valence-electron chi connectivity index (χ4n) is 3.82. The summed E-state index contributed by atoms with van der Waals surface area (Å²) in [5.41, 5.74) is -0.349. The third kappa shape index (κ3) is 11.2. The largest absolute Gasteiger partial charge is 0.481 e. The fraction of sp³-hybridized carbons (Fsp3) is 0.900. The Labute approximate surface area is 181 Å². The highest BCUT2D eigenvalue weighted by Gasteiger charge is 2.31. The summed E-state index contributed by atoms with van der Waals surface area (Å²) >= 11 is 0. The van der Waals surface area contributed by atoms with Gasteiger partial charge >= 0.3 is 5.97 Å². The molecule has 0 radical (unpaired) electrons. The normalized spacial score (nSPS) is 27.2. The minimum atomic E-state index is -0.875. The van der Waals surface area contributed by atoms with E-state index < -0.39 is 11.5 Å². The standard InChI is InChI=1S/C20H43N7O3/c1-19(11-21-2)12-23-7-9-25-15-20(14-22-3,16-26-10-8-24-13-19)27-17(28)5-4-6-18(29)30/h21-26H,4-16H2,1-3H3,(H,27,28)(H,29,30). The molecule has 0 atom stereocenters. The molecule has 0 aromatic heterocycles. The number of carboxylic acids is 1. The summed E-state index contributed by atoms with van der Waals surface area (Å²) in [5, 5.41) is 32.4. The van der Waals surface area contributed by atoms with Gasteiger partial charge < -0.3 is 42.3 Å². The smallest absolute Gasteiger partial charge is 0.303 e. The van der Waals surface area contributed by atoms with Crippen molar-refractivity contribution in [2.24, 2.45) is 5.41 Å². The van der Waals surface area contributed by atoms with Crippen molar-refractivity contribution >= 4 is 11.9 Å². The highest BCUT2D eigenvalue weighted by molar-refractivity contribution is 5.77. The van der Waals surface area contributed by atoms with E-state index in [0.717, 1.165) is 45.8 Å². The van der Waals surface area contributed by atoms with Crippen LogP contribution < -0.4 is 37.2 Å². The average molecular weight is 430 g/mol. The molecule has 0 bridgehead atoms. The van der Waals surface area contributed by atoms with E-state index in [2.05, 4.69) is 44.1 Å². The Bertz CT molecular complexity index is 489. The van der Waals surface area contributed by atoms with Crippen LogP contribution in [0.25, 0.3) is 0 Å². The van der Waals surface area contributed by atoms with E-state index >= 15 is 0 Å². The predicted octanol–water partition coefficient (Wildman–Crippen LogP) is -2.09. The van der Waals surface area contributed by atoms with Crippen molar-refractivity contribution in [3.63, 3.8) is 0 Å². The Kier molecular flexibility index (Phi) is 13.1. The lowest BCUT2D eigenvalue weighted by Gasteiger charge is -2.36. The average Bonchev–Trinajstić information content (AvgIpc) is 2.67. The van der Waals surface area contributed by atoms with Crippen LogP contribution in [0, 0.1) is 5.41 Å². The van der Waals surface area contributed by atoms with Crippen molar-refractivity contribution in [3.05, 3.63) is 0 Å². The summed E-state index contributed by atoms with van der Waals surface area (Å²) in [6, 6.07) is 0. The Morgan fingerprint density at radius 3 is 1.80 bits per heavy atom. The van der Waals surface area contributed by atoms with Crippen LogP contribution >= 0.6 is 0 Å². The number of hydrogen-bond donors (Lipinski definition) is 8. The minimum Gasteiger partial charge on any atom is -0.481 e. The second-order valence-corrected chi connectivity index (χ2v) is 8.65. The first-order valence-corrected chi connectivity index (χ1v) is 11.0. The SMILES string of the molecule is CNCC1(C)CNCCNCC(CNC)(NC(=O)CCCC(=O)O)CNCCNC1. The number of likely N-dealkylation sites (N-methyl/N-ethyl adjacent to an activating group) is 1. The maximum absolute atomic E-state index is 12.5. The molecule has 0 aliphatic carbocycles. The number of nitrogens with one attached hydrogen (secondary N) is 7. The van der Waals surface area contributed by atoms with Crippen LogP contribution in [0.1, 0.15) is 26.2 Å². The molecular formula is C20H43N7O3. The van der Waals surface area contributed by atoms with Gasteiger partial charge in [0.05, 0.1) is 5.54 Å². The maximum Gasteiger partial charge on any atom is 0.303 e. The van der Waals surface area contributed by atoms with E-state index in [9.17, 15) is 9.59 Å². The van der Waals surface area contributed by atoms with Crippen LogP contribution in [0.3, 0.4) is 0 Å². The molecule has 0 unspecified atom stereocenters. The summed E-state index contributed by atoms with van der Waals surface area (Å²) in [6.45, 7) is 10.2. The molecule has 1 rings (SSSR count). The highest BCUT2D eigenvalue weighted by Crippen LogP contribution is 2.12. The second kappa shape index (κ2) is 14.7. The summed E-state index contributed by atoms with van der Waals surface area (Å²) < 4.78 is 0. The number of rotatable bonds is 9. The molecule has 1 amide bonds. The number of hydrogen-bond acceptors (Lipinski definition) is 8. The van der Waals surface area contributed by atoms with Crippen LogP contribution in [-0.2, 0) is 9.59 Å². The zero-order chi connectivity index (χ0) is 22.3. The number of carbonyl (C=O) groups excluding carboxylic acids is 1. The molecule has 1 aliphatic heterocycles. The summed E-state index contributed by atoms with van der Waals surface area (Å²) in [4.78, 5) is 23.2. The molecule has 10 heteroatoms. The Hall–Kier alpha value is -1.30. The van der Waals surface area contributed by atoms with Gasteiger partial charge in [0.2, 0.25) is 5.91 Å². The second-order valence-electron chi connectivity index (χ2n) is 8.65. The van der Waals surface area contributed by atoms with Crippen LogP contribution in [0.15, 0.2) is 0 Å². The van der Waals surface area contributed by atoms with Crippen molar-refractivity contribution in [3.8, 4) is 0 Å². The molecule has 30 heavy (non-hydrogen) atoms. The van der Waals surface area contributed by atoms with Crippen molar-refractivity contribution < 1.29 is 14.7 Å². The predicted molar refractivity (Wildman–Crippen MR) is 120 cm³/mol. The summed E-state index contributed by atoms with van der Waals surface area (Å²) in [6.07, 6.45) is 0.564. The van der Waals surface area contributed by atoms with Crippen molar-refractivity contribution in [1.29, 1.82) is 0 Å².